The van der Waals surface area contributed by atoms with E-state index in [9.17, 15) is 14.0 Å². The fraction of sp³-hybridized carbons (Fsp3) is 0.233. The molecule has 1 aliphatic rings. The van der Waals surface area contributed by atoms with Gasteiger partial charge in [-0.1, -0.05) is 30.3 Å². The summed E-state index contributed by atoms with van der Waals surface area (Å²) < 4.78 is 19.1. The Labute approximate surface area is 220 Å². The first-order valence-electron chi connectivity index (χ1n) is 12.4. The summed E-state index contributed by atoms with van der Waals surface area (Å²) in [6.45, 7) is 0.653. The third-order valence-corrected chi connectivity index (χ3v) is 6.77. The molecule has 0 aliphatic carbocycles. The van der Waals surface area contributed by atoms with Crippen LogP contribution in [0.15, 0.2) is 72.8 Å². The Hall–Kier alpha value is -4.46. The number of benzene rings is 3. The monoisotopic (exact) mass is 512 g/mol. The molecule has 0 saturated heterocycles. The van der Waals surface area contributed by atoms with Crippen LogP contribution in [0.2, 0.25) is 0 Å². The molecular formula is C30H29FN4O3. The zero-order valence-electron chi connectivity index (χ0n) is 21.6. The predicted molar refractivity (Wildman–Crippen MR) is 145 cm³/mol. The van der Waals surface area contributed by atoms with Crippen LogP contribution < -0.4 is 15.0 Å². The molecule has 2 amide bonds. The molecule has 38 heavy (non-hydrogen) atoms. The van der Waals surface area contributed by atoms with Crippen LogP contribution in [-0.4, -0.2) is 42.9 Å². The van der Waals surface area contributed by atoms with Crippen molar-refractivity contribution in [3.05, 3.63) is 101 Å². The van der Waals surface area contributed by atoms with Crippen molar-refractivity contribution in [2.75, 3.05) is 26.1 Å². The lowest BCUT2D eigenvalue weighted by atomic mass is 10.0. The van der Waals surface area contributed by atoms with E-state index in [1.165, 1.54) is 12.1 Å². The zero-order chi connectivity index (χ0) is 26.8. The lowest BCUT2D eigenvalue weighted by molar-refractivity contribution is -0.133. The summed E-state index contributed by atoms with van der Waals surface area (Å²) in [4.78, 5) is 34.6. The Morgan fingerprint density at radius 2 is 1.79 bits per heavy atom. The van der Waals surface area contributed by atoms with Gasteiger partial charge in [-0.15, -0.1) is 0 Å². The molecule has 2 heterocycles. The van der Waals surface area contributed by atoms with Crippen LogP contribution in [0, 0.1) is 5.82 Å². The molecule has 1 N–H and O–H groups in total. The fourth-order valence-corrected chi connectivity index (χ4v) is 4.85. The number of methoxy groups -OCH3 is 1. The van der Waals surface area contributed by atoms with Crippen molar-refractivity contribution in [1.29, 1.82) is 0 Å². The lowest BCUT2D eigenvalue weighted by Crippen LogP contribution is -2.34. The number of amides is 2. The second-order valence-corrected chi connectivity index (χ2v) is 9.62. The van der Waals surface area contributed by atoms with Gasteiger partial charge >= 0.3 is 0 Å². The van der Waals surface area contributed by atoms with E-state index in [0.717, 1.165) is 27.8 Å². The number of rotatable bonds is 8. The number of pyridine rings is 1. The van der Waals surface area contributed by atoms with Crippen molar-refractivity contribution >= 4 is 28.5 Å². The van der Waals surface area contributed by atoms with Crippen LogP contribution >= 0.6 is 0 Å². The van der Waals surface area contributed by atoms with Gasteiger partial charge in [0.25, 0.3) is 5.91 Å². The number of halogens is 1. The van der Waals surface area contributed by atoms with Crippen molar-refractivity contribution in [3.8, 4) is 5.75 Å². The smallest absolute Gasteiger partial charge is 0.252 e. The number of anilines is 1. The summed E-state index contributed by atoms with van der Waals surface area (Å²) in [7, 11) is 5.36. The molecule has 0 fully saturated rings. The summed E-state index contributed by atoms with van der Waals surface area (Å²) in [5, 5.41) is 3.74. The minimum Gasteiger partial charge on any atom is -0.497 e. The minimum atomic E-state index is -0.393. The summed E-state index contributed by atoms with van der Waals surface area (Å²) in [6, 6.07) is 21.0. The van der Waals surface area contributed by atoms with Crippen molar-refractivity contribution in [2.24, 2.45) is 0 Å². The van der Waals surface area contributed by atoms with Gasteiger partial charge in [-0.25, -0.2) is 9.37 Å². The van der Waals surface area contributed by atoms with Gasteiger partial charge in [0.05, 0.1) is 25.1 Å². The van der Waals surface area contributed by atoms with Crippen LogP contribution in [0.5, 0.6) is 5.75 Å². The maximum atomic E-state index is 13.9. The third-order valence-electron chi connectivity index (χ3n) is 6.77. The molecule has 0 spiro atoms. The van der Waals surface area contributed by atoms with Crippen LogP contribution in [0.1, 0.15) is 39.5 Å². The number of nitrogens with zero attached hydrogens (tertiary/aromatic N) is 3. The second kappa shape index (κ2) is 10.5. The van der Waals surface area contributed by atoms with E-state index in [0.29, 0.717) is 30.0 Å². The largest absolute Gasteiger partial charge is 0.497 e. The normalized spacial score (nSPS) is 14.2. The molecule has 8 heteroatoms. The highest BCUT2D eigenvalue weighted by Gasteiger charge is 2.31. The van der Waals surface area contributed by atoms with Gasteiger partial charge in [0.15, 0.2) is 0 Å². The van der Waals surface area contributed by atoms with Gasteiger partial charge < -0.3 is 19.9 Å². The first-order chi connectivity index (χ1) is 18.3. The van der Waals surface area contributed by atoms with Gasteiger partial charge in [0, 0.05) is 49.8 Å². The van der Waals surface area contributed by atoms with E-state index in [-0.39, 0.29) is 24.1 Å². The lowest BCUT2D eigenvalue weighted by Gasteiger charge is -2.27. The summed E-state index contributed by atoms with van der Waals surface area (Å²) in [5.74, 6) is 0.776. The van der Waals surface area contributed by atoms with Crippen LogP contribution in [0.4, 0.5) is 10.2 Å². The highest BCUT2D eigenvalue weighted by Crippen LogP contribution is 2.30. The molecule has 1 aliphatic heterocycles. The van der Waals surface area contributed by atoms with E-state index in [4.69, 9.17) is 9.72 Å². The SMILES string of the molecule is COc1ccc(CN(Cc2cc3ccc(F)cc3nc2N(C)C)C(=O)CC2NC(=O)c3ccccc32)cc1. The molecule has 1 atom stereocenters. The maximum absolute atomic E-state index is 13.9. The number of carbonyl (C=O) groups excluding carboxylic acids is 2. The Balaban J connectivity index is 1.48. The molecule has 0 bridgehead atoms. The van der Waals surface area contributed by atoms with E-state index in [2.05, 4.69) is 5.32 Å². The van der Waals surface area contributed by atoms with E-state index >= 15 is 0 Å². The zero-order valence-corrected chi connectivity index (χ0v) is 21.6. The van der Waals surface area contributed by atoms with Crippen LogP contribution in [-0.2, 0) is 17.9 Å². The van der Waals surface area contributed by atoms with Gasteiger partial charge in [0.2, 0.25) is 5.91 Å². The van der Waals surface area contributed by atoms with Crippen LogP contribution in [0.25, 0.3) is 10.9 Å². The quantitative estimate of drug-likeness (QED) is 0.365. The third kappa shape index (κ3) is 5.16. The van der Waals surface area contributed by atoms with E-state index in [1.807, 2.05) is 67.5 Å². The molecule has 7 nitrogen and oxygen atoms in total. The first-order valence-corrected chi connectivity index (χ1v) is 12.4. The van der Waals surface area contributed by atoms with E-state index in [1.54, 1.807) is 24.1 Å². The molecule has 1 aromatic heterocycles. The van der Waals surface area contributed by atoms with Crippen molar-refractivity contribution in [2.45, 2.75) is 25.6 Å². The number of carbonyl (C=O) groups is 2. The average molecular weight is 513 g/mol. The topological polar surface area (TPSA) is 74.8 Å². The summed E-state index contributed by atoms with van der Waals surface area (Å²) >= 11 is 0. The summed E-state index contributed by atoms with van der Waals surface area (Å²) in [6.07, 6.45) is 0.127. The molecule has 0 saturated carbocycles. The predicted octanol–water partition coefficient (Wildman–Crippen LogP) is 4.85. The van der Waals surface area contributed by atoms with Gasteiger partial charge in [0.1, 0.15) is 17.4 Å². The standard InChI is InChI=1S/C30H29FN4O3/c1-34(2)29-21(14-20-10-11-22(31)15-26(20)32-29)18-35(17-19-8-12-23(38-3)13-9-19)28(36)16-27-24-6-4-5-7-25(24)30(37)33-27/h4-15,27H,16-18H2,1-3H3,(H,33,37). The highest BCUT2D eigenvalue weighted by atomic mass is 19.1. The molecule has 5 rings (SSSR count). The molecule has 194 valence electrons. The Morgan fingerprint density at radius 3 is 2.53 bits per heavy atom. The van der Waals surface area contributed by atoms with Crippen molar-refractivity contribution in [3.63, 3.8) is 0 Å². The molecule has 4 aromatic rings. The number of hydrogen-bond donors (Lipinski definition) is 1. The molecule has 3 aromatic carbocycles. The molecule has 1 unspecified atom stereocenters. The Bertz CT molecular complexity index is 1500. The Kier molecular flexibility index (Phi) is 6.96. The maximum Gasteiger partial charge on any atom is 0.252 e. The van der Waals surface area contributed by atoms with Crippen molar-refractivity contribution < 1.29 is 18.7 Å². The average Bonchev–Trinajstić information content (AvgIpc) is 3.23. The van der Waals surface area contributed by atoms with Gasteiger partial charge in [-0.2, -0.15) is 0 Å². The Morgan fingerprint density at radius 1 is 1.03 bits per heavy atom. The minimum absolute atomic E-state index is 0.105. The first kappa shape index (κ1) is 25.2. The summed E-state index contributed by atoms with van der Waals surface area (Å²) in [5.41, 5.74) is 3.77. The molecular weight excluding hydrogens is 483 g/mol. The van der Waals surface area contributed by atoms with Crippen molar-refractivity contribution in [1.82, 2.24) is 15.2 Å². The second-order valence-electron chi connectivity index (χ2n) is 9.62. The number of fused-ring (bicyclic) bond motifs is 2. The number of ether oxygens (including phenoxy) is 1. The number of hydrogen-bond acceptors (Lipinski definition) is 5. The highest BCUT2D eigenvalue weighted by molar-refractivity contribution is 5.99. The molecule has 0 radical (unpaired) electrons. The van der Waals surface area contributed by atoms with Gasteiger partial charge in [-0.05, 0) is 47.5 Å². The number of nitrogens with one attached hydrogen (secondary N) is 1. The van der Waals surface area contributed by atoms with E-state index < -0.39 is 6.04 Å². The van der Waals surface area contributed by atoms with Gasteiger partial charge in [-0.3, -0.25) is 9.59 Å². The number of aromatic nitrogens is 1. The van der Waals surface area contributed by atoms with Crippen LogP contribution in [0.3, 0.4) is 0 Å². The fourth-order valence-electron chi connectivity index (χ4n) is 4.85.